The summed E-state index contributed by atoms with van der Waals surface area (Å²) in [6.45, 7) is 5.54. The standard InChI is InChI=1S/C24H24ClN3O4S/c1-14-7-11-18(12-8-14)33(30,31)28-27-20-5-4-6-21-22(20)16(3)23(32-21)24(29)26-17-10-9-15(2)19(25)13-17/h7-13,28H,4-6H2,1-3H3,(H,26,29)/b27-20+. The minimum absolute atomic E-state index is 0.134. The van der Waals surface area contributed by atoms with Gasteiger partial charge in [0.25, 0.3) is 15.9 Å². The average Bonchev–Trinajstić information content (AvgIpc) is 3.12. The minimum Gasteiger partial charge on any atom is -0.455 e. The summed E-state index contributed by atoms with van der Waals surface area (Å²) in [7, 11) is -3.81. The zero-order valence-electron chi connectivity index (χ0n) is 18.5. The maximum Gasteiger partial charge on any atom is 0.291 e. The minimum atomic E-state index is -3.81. The van der Waals surface area contributed by atoms with E-state index in [0.29, 0.717) is 46.2 Å². The van der Waals surface area contributed by atoms with E-state index in [-0.39, 0.29) is 10.7 Å². The first-order valence-corrected chi connectivity index (χ1v) is 12.4. The molecule has 0 atom stereocenters. The van der Waals surface area contributed by atoms with Gasteiger partial charge in [-0.25, -0.2) is 0 Å². The molecule has 172 valence electrons. The SMILES string of the molecule is Cc1ccc(S(=O)(=O)N/N=C2\CCCc3oc(C(=O)Nc4ccc(C)c(Cl)c4)c(C)c32)cc1. The largest absolute Gasteiger partial charge is 0.455 e. The molecule has 1 aliphatic carbocycles. The zero-order chi connectivity index (χ0) is 23.8. The number of halogens is 1. The fourth-order valence-corrected chi connectivity index (χ4v) is 4.75. The molecule has 1 heterocycles. The highest BCUT2D eigenvalue weighted by Crippen LogP contribution is 2.31. The van der Waals surface area contributed by atoms with Gasteiger partial charge in [0.1, 0.15) is 5.76 Å². The highest BCUT2D eigenvalue weighted by molar-refractivity contribution is 7.89. The number of nitrogens with zero attached hydrogens (tertiary/aromatic N) is 1. The molecule has 3 aromatic rings. The van der Waals surface area contributed by atoms with Gasteiger partial charge in [-0.3, -0.25) is 4.79 Å². The van der Waals surface area contributed by atoms with Gasteiger partial charge in [-0.05, 0) is 63.4 Å². The Labute approximate surface area is 197 Å². The molecule has 1 aliphatic rings. The van der Waals surface area contributed by atoms with Crippen LogP contribution >= 0.6 is 11.6 Å². The predicted octanol–water partition coefficient (Wildman–Crippen LogP) is 5.13. The van der Waals surface area contributed by atoms with Crippen LogP contribution in [0.3, 0.4) is 0 Å². The summed E-state index contributed by atoms with van der Waals surface area (Å²) in [5.74, 6) is 0.396. The summed E-state index contributed by atoms with van der Waals surface area (Å²) in [4.78, 5) is 15.3. The second-order valence-electron chi connectivity index (χ2n) is 8.09. The first kappa shape index (κ1) is 23.1. The van der Waals surface area contributed by atoms with Gasteiger partial charge in [0.15, 0.2) is 5.76 Å². The predicted molar refractivity (Wildman–Crippen MR) is 129 cm³/mol. The maximum absolute atomic E-state index is 12.9. The zero-order valence-corrected chi connectivity index (χ0v) is 20.1. The molecule has 0 aliphatic heterocycles. The van der Waals surface area contributed by atoms with E-state index < -0.39 is 15.9 Å². The molecule has 0 radical (unpaired) electrons. The van der Waals surface area contributed by atoms with Crippen molar-refractivity contribution < 1.29 is 17.6 Å². The number of benzene rings is 2. The Morgan fingerprint density at radius 1 is 1.06 bits per heavy atom. The molecule has 0 spiro atoms. The Balaban J connectivity index is 1.60. The number of hydrazone groups is 1. The summed E-state index contributed by atoms with van der Waals surface area (Å²) in [6.07, 6.45) is 1.95. The van der Waals surface area contributed by atoms with E-state index >= 15 is 0 Å². The van der Waals surface area contributed by atoms with Crippen LogP contribution in [0.25, 0.3) is 0 Å². The molecule has 2 N–H and O–H groups in total. The van der Waals surface area contributed by atoms with Crippen LogP contribution in [-0.2, 0) is 16.4 Å². The highest BCUT2D eigenvalue weighted by Gasteiger charge is 2.28. The van der Waals surface area contributed by atoms with Crippen molar-refractivity contribution in [1.82, 2.24) is 4.83 Å². The third-order valence-electron chi connectivity index (χ3n) is 5.59. The van der Waals surface area contributed by atoms with Gasteiger partial charge in [0, 0.05) is 28.3 Å². The number of rotatable bonds is 5. The third-order valence-corrected chi connectivity index (χ3v) is 7.23. The summed E-state index contributed by atoms with van der Waals surface area (Å²) in [6, 6.07) is 11.8. The molecule has 0 bridgehead atoms. The number of amides is 1. The lowest BCUT2D eigenvalue weighted by atomic mass is 9.93. The number of nitrogens with one attached hydrogen (secondary N) is 2. The molecule has 1 amide bonds. The first-order valence-electron chi connectivity index (χ1n) is 10.5. The lowest BCUT2D eigenvalue weighted by molar-refractivity contribution is 0.0994. The van der Waals surface area contributed by atoms with Crippen molar-refractivity contribution in [2.45, 2.75) is 44.9 Å². The topological polar surface area (TPSA) is 101 Å². The average molecular weight is 486 g/mol. The fourth-order valence-electron chi connectivity index (χ4n) is 3.74. The van der Waals surface area contributed by atoms with Crippen LogP contribution in [0.1, 0.15) is 51.4 Å². The van der Waals surface area contributed by atoms with Crippen LogP contribution in [-0.4, -0.2) is 20.0 Å². The molecular weight excluding hydrogens is 462 g/mol. The number of hydrogen-bond donors (Lipinski definition) is 2. The van der Waals surface area contributed by atoms with Crippen molar-refractivity contribution in [3.05, 3.63) is 81.3 Å². The Kier molecular flexibility index (Phi) is 6.32. The number of carbonyl (C=O) groups excluding carboxylic acids is 1. The Morgan fingerprint density at radius 2 is 1.79 bits per heavy atom. The lowest BCUT2D eigenvalue weighted by Gasteiger charge is -2.14. The van der Waals surface area contributed by atoms with Crippen molar-refractivity contribution in [2.75, 3.05) is 5.32 Å². The van der Waals surface area contributed by atoms with Crippen LogP contribution < -0.4 is 10.1 Å². The molecule has 0 saturated heterocycles. The molecule has 0 fully saturated rings. The van der Waals surface area contributed by atoms with Crippen LogP contribution in [0.4, 0.5) is 5.69 Å². The van der Waals surface area contributed by atoms with Gasteiger partial charge in [0.2, 0.25) is 0 Å². The number of aryl methyl sites for hydroxylation is 3. The van der Waals surface area contributed by atoms with E-state index in [0.717, 1.165) is 17.5 Å². The molecule has 0 saturated carbocycles. The van der Waals surface area contributed by atoms with Gasteiger partial charge in [-0.2, -0.15) is 18.4 Å². The van der Waals surface area contributed by atoms with E-state index in [2.05, 4.69) is 15.2 Å². The van der Waals surface area contributed by atoms with Gasteiger partial charge < -0.3 is 9.73 Å². The van der Waals surface area contributed by atoms with E-state index in [1.54, 1.807) is 31.2 Å². The molecular formula is C24H24ClN3O4S. The second kappa shape index (κ2) is 9.03. The summed E-state index contributed by atoms with van der Waals surface area (Å²) in [5, 5.41) is 7.56. The van der Waals surface area contributed by atoms with E-state index in [1.165, 1.54) is 12.1 Å². The number of anilines is 1. The van der Waals surface area contributed by atoms with Crippen molar-refractivity contribution >= 4 is 38.9 Å². The fraction of sp³-hybridized carbons (Fsp3) is 0.250. The van der Waals surface area contributed by atoms with Crippen molar-refractivity contribution in [2.24, 2.45) is 5.10 Å². The van der Waals surface area contributed by atoms with Crippen LogP contribution in [0.5, 0.6) is 0 Å². The van der Waals surface area contributed by atoms with E-state index in [1.807, 2.05) is 19.9 Å². The smallest absolute Gasteiger partial charge is 0.291 e. The van der Waals surface area contributed by atoms with Crippen LogP contribution in [0.15, 0.2) is 56.9 Å². The Morgan fingerprint density at radius 3 is 2.48 bits per heavy atom. The number of sulfonamides is 1. The number of hydrogen-bond acceptors (Lipinski definition) is 5. The number of fused-ring (bicyclic) bond motifs is 1. The maximum atomic E-state index is 12.9. The summed E-state index contributed by atoms with van der Waals surface area (Å²) in [5.41, 5.74) is 4.28. The summed E-state index contributed by atoms with van der Waals surface area (Å²) < 4.78 is 31.2. The number of furan rings is 1. The molecule has 1 aromatic heterocycles. The van der Waals surface area contributed by atoms with Crippen LogP contribution in [0.2, 0.25) is 5.02 Å². The highest BCUT2D eigenvalue weighted by atomic mass is 35.5. The van der Waals surface area contributed by atoms with Crippen molar-refractivity contribution in [3.8, 4) is 0 Å². The van der Waals surface area contributed by atoms with Crippen molar-refractivity contribution in [3.63, 3.8) is 0 Å². The van der Waals surface area contributed by atoms with Crippen molar-refractivity contribution in [1.29, 1.82) is 0 Å². The lowest BCUT2D eigenvalue weighted by Crippen LogP contribution is -2.22. The van der Waals surface area contributed by atoms with Gasteiger partial charge >= 0.3 is 0 Å². The van der Waals surface area contributed by atoms with Gasteiger partial charge in [-0.15, -0.1) is 0 Å². The first-order chi connectivity index (χ1) is 15.7. The van der Waals surface area contributed by atoms with Crippen LogP contribution in [0, 0.1) is 20.8 Å². The molecule has 33 heavy (non-hydrogen) atoms. The molecule has 4 rings (SSSR count). The van der Waals surface area contributed by atoms with E-state index in [4.69, 9.17) is 16.0 Å². The van der Waals surface area contributed by atoms with Gasteiger partial charge in [-0.1, -0.05) is 35.4 Å². The number of carbonyl (C=O) groups is 1. The van der Waals surface area contributed by atoms with Gasteiger partial charge in [0.05, 0.1) is 10.6 Å². The monoisotopic (exact) mass is 485 g/mol. The quantitative estimate of drug-likeness (QED) is 0.489. The molecule has 0 unspecified atom stereocenters. The third kappa shape index (κ3) is 4.82. The second-order valence-corrected chi connectivity index (χ2v) is 10.2. The Bertz CT molecular complexity index is 1360. The Hall–Kier alpha value is -3.10. The molecule has 7 nitrogen and oxygen atoms in total. The normalized spacial score (nSPS) is 14.7. The summed E-state index contributed by atoms with van der Waals surface area (Å²) >= 11 is 6.15. The van der Waals surface area contributed by atoms with E-state index in [9.17, 15) is 13.2 Å². The molecule has 2 aromatic carbocycles. The molecule has 9 heteroatoms.